The van der Waals surface area contributed by atoms with Gasteiger partial charge in [-0.1, -0.05) is 14.9 Å². The van der Waals surface area contributed by atoms with Crippen LogP contribution in [0.5, 0.6) is 11.5 Å². The van der Waals surface area contributed by atoms with Crippen LogP contribution in [-0.4, -0.2) is 56.3 Å². The molecule has 10 nitrogen and oxygen atoms in total. The molecule has 0 spiro atoms. The SMILES string of the molecule is C.C.CC(=O)N[C@@H](Cc1cc(Br)c(O)c(Br)c1)C(=O)O.CC(=O)N[C@@H](Cc1cc(I)c(O)c(I)c1)C(=O)O. The van der Waals surface area contributed by atoms with E-state index in [2.05, 4.69) is 42.5 Å². The number of hydrogen-bond donors (Lipinski definition) is 6. The molecule has 2 atom stereocenters. The Kier molecular flexibility index (Phi) is 18.1. The monoisotopic (exact) mass is 886 g/mol. The Morgan fingerprint density at radius 2 is 1.05 bits per heavy atom. The van der Waals surface area contributed by atoms with E-state index in [0.29, 0.717) is 21.6 Å². The normalized spacial score (nSPS) is 11.3. The van der Waals surface area contributed by atoms with E-state index in [4.69, 9.17) is 10.2 Å². The highest BCUT2D eigenvalue weighted by Crippen LogP contribution is 2.33. The summed E-state index contributed by atoms with van der Waals surface area (Å²) in [5.41, 5.74) is 1.43. The molecular formula is C24H30Br2I2N2O8. The van der Waals surface area contributed by atoms with Crippen molar-refractivity contribution in [2.45, 2.75) is 53.6 Å². The van der Waals surface area contributed by atoms with Gasteiger partial charge in [-0.05, 0) is 112 Å². The second kappa shape index (κ2) is 17.8. The summed E-state index contributed by atoms with van der Waals surface area (Å²) in [7, 11) is 0. The van der Waals surface area contributed by atoms with Crippen LogP contribution in [0, 0.1) is 7.14 Å². The first-order valence-electron chi connectivity index (χ1n) is 9.95. The Morgan fingerprint density at radius 1 is 0.737 bits per heavy atom. The summed E-state index contributed by atoms with van der Waals surface area (Å²) in [6.07, 6.45) is 0.313. The van der Waals surface area contributed by atoms with E-state index in [1.165, 1.54) is 13.8 Å². The molecule has 14 heteroatoms. The molecule has 0 aromatic heterocycles. The Hall–Kier alpha value is -1.66. The van der Waals surface area contributed by atoms with Crippen molar-refractivity contribution in [3.8, 4) is 11.5 Å². The molecule has 0 saturated carbocycles. The molecule has 0 saturated heterocycles. The van der Waals surface area contributed by atoms with Crippen molar-refractivity contribution in [2.75, 3.05) is 0 Å². The van der Waals surface area contributed by atoms with Crippen LogP contribution in [0.1, 0.15) is 39.8 Å². The number of hydrogen-bond acceptors (Lipinski definition) is 6. The first-order valence-corrected chi connectivity index (χ1v) is 13.7. The Labute approximate surface area is 265 Å². The number of aliphatic carboxylic acids is 2. The third-order valence-electron chi connectivity index (χ3n) is 4.38. The molecule has 0 fully saturated rings. The van der Waals surface area contributed by atoms with Gasteiger partial charge in [0.2, 0.25) is 11.8 Å². The van der Waals surface area contributed by atoms with Crippen molar-refractivity contribution in [1.82, 2.24) is 10.6 Å². The highest BCUT2D eigenvalue weighted by atomic mass is 127. The molecule has 2 amide bonds. The van der Waals surface area contributed by atoms with Gasteiger partial charge in [-0.15, -0.1) is 0 Å². The summed E-state index contributed by atoms with van der Waals surface area (Å²) in [5.74, 6) is -2.74. The zero-order valence-corrected chi connectivity index (χ0v) is 26.3. The van der Waals surface area contributed by atoms with Gasteiger partial charge < -0.3 is 31.1 Å². The standard InChI is InChI=1S/C11H11Br2NO4.C11H11I2NO4.2CH4/c2*1-5(15)14-9(11(17)18)4-6-2-7(12)10(16)8(13)3-6;;/h2*2-3,9,16H,4H2,1H3,(H,14,15)(H,17,18);2*1H4/t2*9-;;/m00../s1. The molecule has 0 aliphatic heterocycles. The van der Waals surface area contributed by atoms with Crippen LogP contribution in [0.4, 0.5) is 0 Å². The van der Waals surface area contributed by atoms with Crippen LogP contribution >= 0.6 is 77.0 Å². The summed E-state index contributed by atoms with van der Waals surface area (Å²) in [6.45, 7) is 2.54. The lowest BCUT2D eigenvalue weighted by atomic mass is 10.1. The second-order valence-electron chi connectivity index (χ2n) is 7.41. The number of carbonyl (C=O) groups excluding carboxylic acids is 2. The summed E-state index contributed by atoms with van der Waals surface area (Å²) >= 11 is 10.3. The number of phenolic OH excluding ortho intramolecular Hbond substituents is 2. The Balaban J connectivity index is 0. The number of carboxylic acid groups (broad SMARTS) is 2. The fourth-order valence-corrected chi connectivity index (χ4v) is 6.01. The lowest BCUT2D eigenvalue weighted by Gasteiger charge is -2.14. The molecule has 38 heavy (non-hydrogen) atoms. The van der Waals surface area contributed by atoms with E-state index in [0.717, 1.165) is 5.56 Å². The number of nitrogens with one attached hydrogen (secondary N) is 2. The molecule has 2 aromatic carbocycles. The van der Waals surface area contributed by atoms with Crippen molar-refractivity contribution in [3.63, 3.8) is 0 Å². The minimum absolute atomic E-state index is 0. The maximum atomic E-state index is 11.0. The minimum Gasteiger partial charge on any atom is -0.506 e. The number of phenols is 2. The number of halogens is 4. The second-order valence-corrected chi connectivity index (χ2v) is 11.4. The largest absolute Gasteiger partial charge is 0.506 e. The topological polar surface area (TPSA) is 173 Å². The predicted octanol–water partition coefficient (Wildman–Crippen LogP) is 5.05. The summed E-state index contributed by atoms with van der Waals surface area (Å²) in [5, 5.41) is 41.9. The van der Waals surface area contributed by atoms with Gasteiger partial charge in [-0.3, -0.25) is 9.59 Å². The molecule has 0 bridgehead atoms. The van der Waals surface area contributed by atoms with Gasteiger partial charge in [0, 0.05) is 26.7 Å². The van der Waals surface area contributed by atoms with E-state index in [1.807, 2.05) is 45.2 Å². The lowest BCUT2D eigenvalue weighted by molar-refractivity contribution is -0.141. The molecule has 6 N–H and O–H groups in total. The zero-order valence-electron chi connectivity index (χ0n) is 18.8. The minimum atomic E-state index is -1.11. The van der Waals surface area contributed by atoms with Gasteiger partial charge in [0.25, 0.3) is 0 Å². The molecule has 0 unspecified atom stereocenters. The van der Waals surface area contributed by atoms with Crippen LogP contribution < -0.4 is 10.6 Å². The molecule has 0 aliphatic carbocycles. The third kappa shape index (κ3) is 12.9. The number of amides is 2. The van der Waals surface area contributed by atoms with Gasteiger partial charge in [0.05, 0.1) is 16.1 Å². The van der Waals surface area contributed by atoms with Crippen molar-refractivity contribution in [3.05, 3.63) is 51.5 Å². The number of carbonyl (C=O) groups is 4. The fraction of sp³-hybridized carbons (Fsp3) is 0.333. The molecular weight excluding hydrogens is 858 g/mol. The van der Waals surface area contributed by atoms with Gasteiger partial charge in [0.1, 0.15) is 23.6 Å². The van der Waals surface area contributed by atoms with Crippen LogP contribution in [0.2, 0.25) is 0 Å². The highest BCUT2D eigenvalue weighted by molar-refractivity contribution is 14.1. The first kappa shape index (κ1) is 38.5. The van der Waals surface area contributed by atoms with Crippen LogP contribution in [0.25, 0.3) is 0 Å². The van der Waals surface area contributed by atoms with Crippen LogP contribution in [0.3, 0.4) is 0 Å². The molecule has 0 aliphatic rings. The van der Waals surface area contributed by atoms with E-state index < -0.39 is 29.9 Å². The quantitative estimate of drug-likeness (QED) is 0.200. The van der Waals surface area contributed by atoms with Crippen LogP contribution in [0.15, 0.2) is 33.2 Å². The van der Waals surface area contributed by atoms with E-state index in [-0.39, 0.29) is 45.1 Å². The van der Waals surface area contributed by atoms with Gasteiger partial charge in [0.15, 0.2) is 0 Å². The molecule has 0 radical (unpaired) electrons. The van der Waals surface area contributed by atoms with Crippen molar-refractivity contribution < 1.29 is 39.6 Å². The highest BCUT2D eigenvalue weighted by Gasteiger charge is 2.21. The summed E-state index contributed by atoms with van der Waals surface area (Å²) in [4.78, 5) is 43.8. The molecule has 212 valence electrons. The summed E-state index contributed by atoms with van der Waals surface area (Å²) < 4.78 is 2.22. The third-order valence-corrected chi connectivity index (χ3v) is 7.24. The first-order chi connectivity index (χ1) is 16.6. The maximum absolute atomic E-state index is 11.0. The van der Waals surface area contributed by atoms with Crippen molar-refractivity contribution in [1.29, 1.82) is 0 Å². The van der Waals surface area contributed by atoms with Gasteiger partial charge in [-0.2, -0.15) is 0 Å². The van der Waals surface area contributed by atoms with E-state index in [1.54, 1.807) is 24.3 Å². The number of carboxylic acids is 2. The van der Waals surface area contributed by atoms with Crippen molar-refractivity contribution >= 4 is 101 Å². The molecule has 0 heterocycles. The van der Waals surface area contributed by atoms with Crippen LogP contribution in [-0.2, 0) is 32.0 Å². The zero-order chi connectivity index (χ0) is 27.7. The van der Waals surface area contributed by atoms with E-state index >= 15 is 0 Å². The Bertz CT molecular complexity index is 1030. The average molecular weight is 888 g/mol. The average Bonchev–Trinajstić information content (AvgIpc) is 2.74. The number of benzene rings is 2. The smallest absolute Gasteiger partial charge is 0.326 e. The summed E-state index contributed by atoms with van der Waals surface area (Å²) in [6, 6.07) is 4.67. The number of aromatic hydroxyl groups is 2. The number of rotatable bonds is 8. The lowest BCUT2D eigenvalue weighted by Crippen LogP contribution is -2.41. The Morgan fingerprint density at radius 3 is 1.34 bits per heavy atom. The van der Waals surface area contributed by atoms with Gasteiger partial charge >= 0.3 is 11.9 Å². The molecule has 2 rings (SSSR count). The molecule has 2 aromatic rings. The van der Waals surface area contributed by atoms with E-state index in [9.17, 15) is 29.4 Å². The fourth-order valence-electron chi connectivity index (χ4n) is 2.83. The van der Waals surface area contributed by atoms with Gasteiger partial charge in [-0.25, -0.2) is 9.59 Å². The van der Waals surface area contributed by atoms with Crippen molar-refractivity contribution in [2.24, 2.45) is 0 Å². The maximum Gasteiger partial charge on any atom is 0.326 e. The predicted molar refractivity (Wildman–Crippen MR) is 168 cm³/mol.